The Labute approximate surface area is 118 Å². The molecule has 7 heteroatoms. The first-order valence-electron chi connectivity index (χ1n) is 6.48. The van der Waals surface area contributed by atoms with E-state index in [2.05, 4.69) is 5.32 Å². The SMILES string of the molecule is CS(=O)(=O)c1ccccc1NC1CCN(C(N)=O)CC1. The van der Waals surface area contributed by atoms with E-state index in [0.717, 1.165) is 12.8 Å². The van der Waals surface area contributed by atoms with E-state index >= 15 is 0 Å². The molecule has 0 unspecified atom stereocenters. The van der Waals surface area contributed by atoms with Gasteiger partial charge >= 0.3 is 6.03 Å². The predicted octanol–water partition coefficient (Wildman–Crippen LogP) is 1.05. The number of hydrogen-bond acceptors (Lipinski definition) is 4. The molecule has 1 saturated heterocycles. The van der Waals surface area contributed by atoms with Crippen molar-refractivity contribution in [2.75, 3.05) is 24.7 Å². The van der Waals surface area contributed by atoms with Crippen molar-refractivity contribution in [2.24, 2.45) is 5.73 Å². The van der Waals surface area contributed by atoms with Crippen LogP contribution in [0.5, 0.6) is 0 Å². The number of benzene rings is 1. The van der Waals surface area contributed by atoms with Crippen LogP contribution in [0.2, 0.25) is 0 Å². The molecule has 6 nitrogen and oxygen atoms in total. The van der Waals surface area contributed by atoms with Crippen LogP contribution in [0.25, 0.3) is 0 Å². The van der Waals surface area contributed by atoms with Gasteiger partial charge in [0.05, 0.1) is 10.6 Å². The maximum atomic E-state index is 11.7. The van der Waals surface area contributed by atoms with E-state index in [0.29, 0.717) is 23.7 Å². The lowest BCUT2D eigenvalue weighted by Gasteiger charge is -2.32. The second-order valence-electron chi connectivity index (χ2n) is 5.01. The number of anilines is 1. The molecule has 1 aliphatic heterocycles. The van der Waals surface area contributed by atoms with Crippen LogP contribution in [0, 0.1) is 0 Å². The molecule has 110 valence electrons. The topological polar surface area (TPSA) is 92.5 Å². The number of para-hydroxylation sites is 1. The van der Waals surface area contributed by atoms with E-state index < -0.39 is 15.9 Å². The molecule has 2 amide bonds. The molecular weight excluding hydrogens is 278 g/mol. The Morgan fingerprint density at radius 1 is 1.30 bits per heavy atom. The second-order valence-corrected chi connectivity index (χ2v) is 7.00. The van der Waals surface area contributed by atoms with Crippen LogP contribution in [0.1, 0.15) is 12.8 Å². The summed E-state index contributed by atoms with van der Waals surface area (Å²) in [6, 6.07) is 6.60. The fourth-order valence-corrected chi connectivity index (χ4v) is 3.23. The number of nitrogens with two attached hydrogens (primary N) is 1. The molecule has 1 aromatic rings. The minimum atomic E-state index is -3.26. The van der Waals surface area contributed by atoms with E-state index in [9.17, 15) is 13.2 Å². The summed E-state index contributed by atoms with van der Waals surface area (Å²) in [5.41, 5.74) is 5.85. The predicted molar refractivity (Wildman–Crippen MR) is 77.4 cm³/mol. The minimum absolute atomic E-state index is 0.147. The van der Waals surface area contributed by atoms with Crippen molar-refractivity contribution in [1.29, 1.82) is 0 Å². The van der Waals surface area contributed by atoms with Crippen molar-refractivity contribution in [1.82, 2.24) is 4.90 Å². The number of nitrogens with one attached hydrogen (secondary N) is 1. The lowest BCUT2D eigenvalue weighted by atomic mass is 10.0. The number of carbonyl (C=O) groups is 1. The first-order chi connectivity index (χ1) is 9.38. The van der Waals surface area contributed by atoms with Gasteiger partial charge in [-0.2, -0.15) is 0 Å². The number of likely N-dealkylation sites (tertiary alicyclic amines) is 1. The van der Waals surface area contributed by atoms with Crippen LogP contribution in [0.15, 0.2) is 29.2 Å². The summed E-state index contributed by atoms with van der Waals surface area (Å²) in [5, 5.41) is 3.26. The summed E-state index contributed by atoms with van der Waals surface area (Å²) in [6.07, 6.45) is 2.70. The van der Waals surface area contributed by atoms with Crippen LogP contribution in [-0.2, 0) is 9.84 Å². The molecule has 0 bridgehead atoms. The van der Waals surface area contributed by atoms with Gasteiger partial charge < -0.3 is 16.0 Å². The highest BCUT2D eigenvalue weighted by molar-refractivity contribution is 7.90. The smallest absolute Gasteiger partial charge is 0.314 e. The summed E-state index contributed by atoms with van der Waals surface area (Å²) in [5.74, 6) is 0. The molecule has 0 aromatic heterocycles. The fraction of sp³-hybridized carbons (Fsp3) is 0.462. The number of primary amides is 1. The van der Waals surface area contributed by atoms with Gasteiger partial charge in [-0.1, -0.05) is 12.1 Å². The van der Waals surface area contributed by atoms with Crippen LogP contribution >= 0.6 is 0 Å². The van der Waals surface area contributed by atoms with Gasteiger partial charge in [-0.25, -0.2) is 13.2 Å². The number of nitrogens with zero attached hydrogens (tertiary/aromatic N) is 1. The van der Waals surface area contributed by atoms with Crippen LogP contribution < -0.4 is 11.1 Å². The third-order valence-corrected chi connectivity index (χ3v) is 4.61. The van der Waals surface area contributed by atoms with Crippen LogP contribution in [0.4, 0.5) is 10.5 Å². The number of sulfone groups is 1. The highest BCUT2D eigenvalue weighted by Crippen LogP contribution is 2.23. The van der Waals surface area contributed by atoms with Gasteiger partial charge in [-0.05, 0) is 25.0 Å². The van der Waals surface area contributed by atoms with Crippen molar-refractivity contribution >= 4 is 21.6 Å². The zero-order valence-corrected chi connectivity index (χ0v) is 12.2. The van der Waals surface area contributed by atoms with Gasteiger partial charge in [0, 0.05) is 25.4 Å². The first kappa shape index (κ1) is 14.6. The Bertz CT molecular complexity index is 593. The van der Waals surface area contributed by atoms with E-state index in [4.69, 9.17) is 5.73 Å². The zero-order valence-electron chi connectivity index (χ0n) is 11.4. The van der Waals surface area contributed by atoms with Gasteiger partial charge in [0.25, 0.3) is 0 Å². The van der Waals surface area contributed by atoms with Crippen molar-refractivity contribution < 1.29 is 13.2 Å². The Balaban J connectivity index is 2.07. The Morgan fingerprint density at radius 3 is 2.45 bits per heavy atom. The van der Waals surface area contributed by atoms with E-state index in [-0.39, 0.29) is 6.04 Å². The van der Waals surface area contributed by atoms with Gasteiger partial charge in [-0.3, -0.25) is 0 Å². The van der Waals surface area contributed by atoms with Crippen LogP contribution in [0.3, 0.4) is 0 Å². The Kier molecular flexibility index (Phi) is 4.17. The van der Waals surface area contributed by atoms with Crippen molar-refractivity contribution in [3.8, 4) is 0 Å². The molecule has 3 N–H and O–H groups in total. The molecule has 1 aliphatic rings. The molecule has 0 atom stereocenters. The van der Waals surface area contributed by atoms with E-state index in [1.807, 2.05) is 0 Å². The number of piperidine rings is 1. The molecule has 0 radical (unpaired) electrons. The number of amides is 2. The monoisotopic (exact) mass is 297 g/mol. The van der Waals surface area contributed by atoms with E-state index in [1.165, 1.54) is 6.26 Å². The maximum absolute atomic E-state index is 11.7. The first-order valence-corrected chi connectivity index (χ1v) is 8.37. The molecule has 2 rings (SSSR count). The normalized spacial score (nSPS) is 16.9. The quantitative estimate of drug-likeness (QED) is 0.872. The minimum Gasteiger partial charge on any atom is -0.381 e. The van der Waals surface area contributed by atoms with Gasteiger partial charge in [-0.15, -0.1) is 0 Å². The summed E-state index contributed by atoms with van der Waals surface area (Å²) in [7, 11) is -3.26. The third kappa shape index (κ3) is 3.41. The Morgan fingerprint density at radius 2 is 1.90 bits per heavy atom. The molecule has 0 saturated carbocycles. The van der Waals surface area contributed by atoms with E-state index in [1.54, 1.807) is 29.2 Å². The number of carbonyl (C=O) groups excluding carboxylic acids is 1. The molecule has 1 fully saturated rings. The number of urea groups is 1. The zero-order chi connectivity index (χ0) is 14.8. The molecule has 0 spiro atoms. The summed E-state index contributed by atoms with van der Waals surface area (Å²) >= 11 is 0. The summed E-state index contributed by atoms with van der Waals surface area (Å²) in [6.45, 7) is 1.18. The molecule has 0 aliphatic carbocycles. The van der Waals surface area contributed by atoms with Crippen molar-refractivity contribution in [3.05, 3.63) is 24.3 Å². The summed E-state index contributed by atoms with van der Waals surface area (Å²) < 4.78 is 23.5. The third-order valence-electron chi connectivity index (χ3n) is 3.45. The lowest BCUT2D eigenvalue weighted by molar-refractivity contribution is 0.193. The highest BCUT2D eigenvalue weighted by Gasteiger charge is 2.22. The molecule has 20 heavy (non-hydrogen) atoms. The van der Waals surface area contributed by atoms with Gasteiger partial charge in [0.15, 0.2) is 9.84 Å². The fourth-order valence-electron chi connectivity index (χ4n) is 2.37. The number of rotatable bonds is 3. The maximum Gasteiger partial charge on any atom is 0.314 e. The molecule has 1 heterocycles. The highest BCUT2D eigenvalue weighted by atomic mass is 32.2. The van der Waals surface area contributed by atoms with Gasteiger partial charge in [0.1, 0.15) is 0 Å². The Hall–Kier alpha value is -1.76. The second kappa shape index (κ2) is 5.70. The standard InChI is InChI=1S/C13H19N3O3S/c1-20(18,19)12-5-3-2-4-11(12)15-10-6-8-16(9-7-10)13(14)17/h2-5,10,15H,6-9H2,1H3,(H2,14,17). The lowest BCUT2D eigenvalue weighted by Crippen LogP contribution is -2.44. The largest absolute Gasteiger partial charge is 0.381 e. The number of hydrogen-bond donors (Lipinski definition) is 2. The average Bonchev–Trinajstić information content (AvgIpc) is 2.38. The average molecular weight is 297 g/mol. The van der Waals surface area contributed by atoms with Crippen LogP contribution in [-0.4, -0.2) is 44.7 Å². The molecular formula is C13H19N3O3S. The molecule has 1 aromatic carbocycles. The van der Waals surface area contributed by atoms with Gasteiger partial charge in [0.2, 0.25) is 0 Å². The van der Waals surface area contributed by atoms with Crippen molar-refractivity contribution in [2.45, 2.75) is 23.8 Å². The van der Waals surface area contributed by atoms with Crippen molar-refractivity contribution in [3.63, 3.8) is 0 Å². The summed E-state index contributed by atoms with van der Waals surface area (Å²) in [4.78, 5) is 13.0.